The summed E-state index contributed by atoms with van der Waals surface area (Å²) in [6, 6.07) is 0. The highest BCUT2D eigenvalue weighted by molar-refractivity contribution is 7.09. The number of amidine groups is 1. The van der Waals surface area contributed by atoms with Gasteiger partial charge in [0.2, 0.25) is 0 Å². The molecule has 1 rings (SSSR count). The molecular formula is C13H24N4S. The van der Waals surface area contributed by atoms with Gasteiger partial charge in [-0.1, -0.05) is 13.8 Å². The highest BCUT2D eigenvalue weighted by atomic mass is 32.1. The Labute approximate surface area is 114 Å². The van der Waals surface area contributed by atoms with Crippen LogP contribution >= 0.6 is 11.3 Å². The summed E-state index contributed by atoms with van der Waals surface area (Å²) in [4.78, 5) is 7.90. The zero-order valence-electron chi connectivity index (χ0n) is 11.8. The monoisotopic (exact) mass is 268 g/mol. The topological polar surface area (TPSA) is 66.0 Å². The molecule has 1 aromatic heterocycles. The molecule has 0 unspecified atom stereocenters. The van der Waals surface area contributed by atoms with E-state index in [9.17, 15) is 0 Å². The van der Waals surface area contributed by atoms with Gasteiger partial charge >= 0.3 is 0 Å². The zero-order valence-corrected chi connectivity index (χ0v) is 12.6. The summed E-state index contributed by atoms with van der Waals surface area (Å²) in [5.74, 6) is 0.281. The Hall–Kier alpha value is -0.940. The second-order valence-corrected chi connectivity index (χ2v) is 6.44. The van der Waals surface area contributed by atoms with Gasteiger partial charge in [-0.2, -0.15) is 0 Å². The smallest absolute Gasteiger partial charge is 0.0963 e. The molecule has 0 saturated heterocycles. The molecule has 18 heavy (non-hydrogen) atoms. The lowest BCUT2D eigenvalue weighted by molar-refractivity contribution is 0.302. The third-order valence-electron chi connectivity index (χ3n) is 3.33. The quantitative estimate of drug-likeness (QED) is 0.590. The molecule has 1 aromatic rings. The van der Waals surface area contributed by atoms with Gasteiger partial charge in [-0.15, -0.1) is 11.3 Å². The Balaban J connectivity index is 2.32. The van der Waals surface area contributed by atoms with Crippen LogP contribution in [0.25, 0.3) is 0 Å². The minimum atomic E-state index is -0.179. The van der Waals surface area contributed by atoms with Crippen molar-refractivity contribution < 1.29 is 0 Å². The van der Waals surface area contributed by atoms with Crippen LogP contribution in [0.2, 0.25) is 0 Å². The summed E-state index contributed by atoms with van der Waals surface area (Å²) < 4.78 is 0. The minimum Gasteiger partial charge on any atom is -0.387 e. The number of nitrogens with zero attached hydrogens (tertiary/aromatic N) is 2. The van der Waals surface area contributed by atoms with Gasteiger partial charge < -0.3 is 10.6 Å². The molecule has 0 atom stereocenters. The number of aryl methyl sites for hydroxylation is 1. The van der Waals surface area contributed by atoms with Gasteiger partial charge in [-0.05, 0) is 33.4 Å². The molecule has 3 N–H and O–H groups in total. The number of nitrogens with two attached hydrogens (primary N) is 1. The number of rotatable bonds is 7. The van der Waals surface area contributed by atoms with Gasteiger partial charge in [-0.25, -0.2) is 4.98 Å². The molecule has 0 aliphatic rings. The van der Waals surface area contributed by atoms with E-state index < -0.39 is 0 Å². The Kier molecular flexibility index (Phi) is 5.28. The normalized spacial score (nSPS) is 12.1. The summed E-state index contributed by atoms with van der Waals surface area (Å²) >= 11 is 1.71. The van der Waals surface area contributed by atoms with Gasteiger partial charge in [0, 0.05) is 16.8 Å². The van der Waals surface area contributed by atoms with Crippen LogP contribution in [0, 0.1) is 17.7 Å². The fourth-order valence-electron chi connectivity index (χ4n) is 1.73. The predicted molar refractivity (Wildman–Crippen MR) is 78.1 cm³/mol. The highest BCUT2D eigenvalue weighted by Gasteiger charge is 2.21. The van der Waals surface area contributed by atoms with Crippen LogP contribution in [-0.4, -0.2) is 29.3 Å². The number of hydrogen-bond acceptors (Lipinski definition) is 4. The molecule has 0 spiro atoms. The van der Waals surface area contributed by atoms with E-state index in [-0.39, 0.29) is 11.3 Å². The molecule has 0 bridgehead atoms. The van der Waals surface area contributed by atoms with Gasteiger partial charge in [0.15, 0.2) is 0 Å². The SMILES string of the molecule is Cc1ncsc1CN(C)CCCC(C)(C)C(=N)N. The summed E-state index contributed by atoms with van der Waals surface area (Å²) in [5, 5.41) is 7.53. The lowest BCUT2D eigenvalue weighted by Crippen LogP contribution is -2.31. The van der Waals surface area contributed by atoms with Crippen LogP contribution in [0.5, 0.6) is 0 Å². The van der Waals surface area contributed by atoms with Crippen molar-refractivity contribution in [1.29, 1.82) is 5.41 Å². The summed E-state index contributed by atoms with van der Waals surface area (Å²) in [7, 11) is 2.12. The van der Waals surface area contributed by atoms with E-state index >= 15 is 0 Å². The lowest BCUT2D eigenvalue weighted by atomic mass is 9.86. The van der Waals surface area contributed by atoms with Crippen molar-refractivity contribution in [2.45, 2.75) is 40.2 Å². The average Bonchev–Trinajstić information content (AvgIpc) is 2.64. The van der Waals surface area contributed by atoms with Crippen LogP contribution in [0.3, 0.4) is 0 Å². The number of aromatic nitrogens is 1. The Morgan fingerprint density at radius 1 is 1.56 bits per heavy atom. The van der Waals surface area contributed by atoms with Crippen molar-refractivity contribution in [1.82, 2.24) is 9.88 Å². The largest absolute Gasteiger partial charge is 0.387 e. The van der Waals surface area contributed by atoms with Crippen LogP contribution < -0.4 is 5.73 Å². The molecule has 0 aliphatic heterocycles. The molecule has 0 fully saturated rings. The van der Waals surface area contributed by atoms with Crippen LogP contribution in [-0.2, 0) is 6.54 Å². The van der Waals surface area contributed by atoms with E-state index in [0.717, 1.165) is 31.6 Å². The molecule has 1 heterocycles. The molecule has 0 aliphatic carbocycles. The number of nitrogens with one attached hydrogen (secondary N) is 1. The predicted octanol–water partition coefficient (Wildman–Crippen LogP) is 2.63. The third-order valence-corrected chi connectivity index (χ3v) is 4.25. The summed E-state index contributed by atoms with van der Waals surface area (Å²) in [5.41, 5.74) is 8.44. The molecule has 0 saturated carbocycles. The Morgan fingerprint density at radius 2 is 2.22 bits per heavy atom. The number of hydrogen-bond donors (Lipinski definition) is 2. The van der Waals surface area contributed by atoms with E-state index in [4.69, 9.17) is 11.1 Å². The fraction of sp³-hybridized carbons (Fsp3) is 0.692. The van der Waals surface area contributed by atoms with Gasteiger partial charge in [-0.3, -0.25) is 5.41 Å². The molecule has 0 aromatic carbocycles. The second kappa shape index (κ2) is 6.29. The van der Waals surface area contributed by atoms with Crippen LogP contribution in [0.4, 0.5) is 0 Å². The first-order chi connectivity index (χ1) is 8.33. The van der Waals surface area contributed by atoms with Crippen molar-refractivity contribution in [2.75, 3.05) is 13.6 Å². The third kappa shape index (κ3) is 4.38. The Bertz CT molecular complexity index is 397. The van der Waals surface area contributed by atoms with Crippen molar-refractivity contribution in [3.8, 4) is 0 Å². The first-order valence-electron chi connectivity index (χ1n) is 6.25. The molecule has 0 amide bonds. The van der Waals surface area contributed by atoms with Gasteiger partial charge in [0.25, 0.3) is 0 Å². The van der Waals surface area contributed by atoms with Crippen molar-refractivity contribution in [3.05, 3.63) is 16.1 Å². The second-order valence-electron chi connectivity index (χ2n) is 5.50. The Morgan fingerprint density at radius 3 is 2.72 bits per heavy atom. The molecule has 4 nitrogen and oxygen atoms in total. The molecule has 5 heteroatoms. The molecule has 102 valence electrons. The first kappa shape index (κ1) is 15.1. The lowest BCUT2D eigenvalue weighted by Gasteiger charge is -2.24. The summed E-state index contributed by atoms with van der Waals surface area (Å²) in [6.07, 6.45) is 2.01. The minimum absolute atomic E-state index is 0.179. The maximum absolute atomic E-state index is 7.53. The van der Waals surface area contributed by atoms with E-state index in [2.05, 4.69) is 23.9 Å². The average molecular weight is 268 g/mol. The molecular weight excluding hydrogens is 244 g/mol. The maximum Gasteiger partial charge on any atom is 0.0963 e. The fourth-order valence-corrected chi connectivity index (χ4v) is 2.58. The standard InChI is InChI=1S/C13H24N4S/c1-10-11(18-9-16-10)8-17(4)7-5-6-13(2,3)12(14)15/h9H,5-8H2,1-4H3,(H3,14,15). The van der Waals surface area contributed by atoms with Crippen LogP contribution in [0.1, 0.15) is 37.3 Å². The van der Waals surface area contributed by atoms with E-state index in [1.807, 2.05) is 19.4 Å². The van der Waals surface area contributed by atoms with Gasteiger partial charge in [0.05, 0.1) is 17.0 Å². The molecule has 0 radical (unpaired) electrons. The van der Waals surface area contributed by atoms with E-state index in [0.29, 0.717) is 0 Å². The first-order valence-corrected chi connectivity index (χ1v) is 7.13. The van der Waals surface area contributed by atoms with Gasteiger partial charge in [0.1, 0.15) is 0 Å². The highest BCUT2D eigenvalue weighted by Crippen LogP contribution is 2.22. The number of thiazole rings is 1. The van der Waals surface area contributed by atoms with Crippen molar-refractivity contribution in [2.24, 2.45) is 11.1 Å². The van der Waals surface area contributed by atoms with Crippen molar-refractivity contribution >= 4 is 17.2 Å². The van der Waals surface area contributed by atoms with Crippen LogP contribution in [0.15, 0.2) is 5.51 Å². The van der Waals surface area contributed by atoms with E-state index in [1.54, 1.807) is 11.3 Å². The zero-order chi connectivity index (χ0) is 13.8. The van der Waals surface area contributed by atoms with Crippen molar-refractivity contribution in [3.63, 3.8) is 0 Å². The van der Waals surface area contributed by atoms with E-state index in [1.165, 1.54) is 4.88 Å². The maximum atomic E-state index is 7.53. The summed E-state index contributed by atoms with van der Waals surface area (Å²) in [6.45, 7) is 8.09.